The van der Waals surface area contributed by atoms with Gasteiger partial charge in [-0.1, -0.05) is 18.2 Å². The summed E-state index contributed by atoms with van der Waals surface area (Å²) in [6.07, 6.45) is 0.521. The summed E-state index contributed by atoms with van der Waals surface area (Å²) in [5.41, 5.74) is 1.05. The zero-order chi connectivity index (χ0) is 16.7. The zero-order valence-electron chi connectivity index (χ0n) is 12.5. The number of nitrogens with one attached hydrogen (secondary N) is 1. The SMILES string of the molecule is O=C(CN(CCCO)c1ccccc1)Nc1ccc(F)c(F)c1. The minimum Gasteiger partial charge on any atom is -0.396 e. The molecule has 2 N–H and O–H groups in total. The van der Waals surface area contributed by atoms with Gasteiger partial charge < -0.3 is 15.3 Å². The summed E-state index contributed by atoms with van der Waals surface area (Å²) in [7, 11) is 0. The Balaban J connectivity index is 2.03. The monoisotopic (exact) mass is 320 g/mol. The van der Waals surface area contributed by atoms with Crippen molar-refractivity contribution in [3.05, 3.63) is 60.2 Å². The minimum atomic E-state index is -1.01. The molecule has 0 radical (unpaired) electrons. The van der Waals surface area contributed by atoms with Gasteiger partial charge in [-0.3, -0.25) is 4.79 Å². The van der Waals surface area contributed by atoms with Crippen LogP contribution < -0.4 is 10.2 Å². The van der Waals surface area contributed by atoms with Crippen LogP contribution in [0.5, 0.6) is 0 Å². The molecule has 0 aliphatic heterocycles. The highest BCUT2D eigenvalue weighted by Crippen LogP contribution is 2.15. The van der Waals surface area contributed by atoms with Crippen LogP contribution in [0.1, 0.15) is 6.42 Å². The molecule has 2 aromatic carbocycles. The van der Waals surface area contributed by atoms with Gasteiger partial charge in [-0.25, -0.2) is 8.78 Å². The van der Waals surface area contributed by atoms with E-state index in [1.165, 1.54) is 6.07 Å². The third-order valence-electron chi connectivity index (χ3n) is 3.25. The van der Waals surface area contributed by atoms with Gasteiger partial charge in [0.1, 0.15) is 0 Å². The van der Waals surface area contributed by atoms with Gasteiger partial charge in [0.25, 0.3) is 0 Å². The van der Waals surface area contributed by atoms with Gasteiger partial charge >= 0.3 is 0 Å². The van der Waals surface area contributed by atoms with Gasteiger partial charge in [0, 0.05) is 30.6 Å². The van der Waals surface area contributed by atoms with Crippen LogP contribution in [-0.2, 0) is 4.79 Å². The molecular formula is C17H18F2N2O2. The van der Waals surface area contributed by atoms with Crippen molar-refractivity contribution < 1.29 is 18.7 Å². The number of halogens is 2. The second-order valence-corrected chi connectivity index (χ2v) is 5.01. The van der Waals surface area contributed by atoms with Crippen molar-refractivity contribution in [2.75, 3.05) is 29.9 Å². The van der Waals surface area contributed by atoms with Gasteiger partial charge in [-0.05, 0) is 30.7 Å². The maximum atomic E-state index is 13.2. The molecule has 4 nitrogen and oxygen atoms in total. The van der Waals surface area contributed by atoms with E-state index in [1.54, 1.807) is 0 Å². The smallest absolute Gasteiger partial charge is 0.243 e. The molecule has 2 rings (SSSR count). The van der Waals surface area contributed by atoms with E-state index in [4.69, 9.17) is 5.11 Å². The third kappa shape index (κ3) is 5.03. The van der Waals surface area contributed by atoms with E-state index in [0.717, 1.165) is 17.8 Å². The molecule has 0 saturated carbocycles. The lowest BCUT2D eigenvalue weighted by atomic mass is 10.2. The van der Waals surface area contributed by atoms with Crippen LogP contribution in [0.4, 0.5) is 20.2 Å². The Kier molecular flexibility index (Phi) is 6.05. The second kappa shape index (κ2) is 8.24. The molecule has 0 atom stereocenters. The molecule has 2 aromatic rings. The van der Waals surface area contributed by atoms with E-state index < -0.39 is 11.6 Å². The van der Waals surface area contributed by atoms with Gasteiger partial charge in [0.15, 0.2) is 11.6 Å². The summed E-state index contributed by atoms with van der Waals surface area (Å²) >= 11 is 0. The van der Waals surface area contributed by atoms with Crippen molar-refractivity contribution >= 4 is 17.3 Å². The summed E-state index contributed by atoms with van der Waals surface area (Å²) in [6, 6.07) is 12.5. The lowest BCUT2D eigenvalue weighted by Crippen LogP contribution is -2.34. The molecule has 122 valence electrons. The molecule has 23 heavy (non-hydrogen) atoms. The highest BCUT2D eigenvalue weighted by molar-refractivity contribution is 5.94. The molecule has 0 saturated heterocycles. The number of anilines is 2. The molecule has 0 spiro atoms. The Morgan fingerprint density at radius 3 is 2.48 bits per heavy atom. The maximum absolute atomic E-state index is 13.2. The number of rotatable bonds is 7. The molecule has 0 heterocycles. The molecule has 0 unspecified atom stereocenters. The van der Waals surface area contributed by atoms with Crippen molar-refractivity contribution in [2.24, 2.45) is 0 Å². The molecule has 6 heteroatoms. The lowest BCUT2D eigenvalue weighted by Gasteiger charge is -2.24. The summed E-state index contributed by atoms with van der Waals surface area (Å²) in [5, 5.41) is 11.5. The van der Waals surface area contributed by atoms with Gasteiger partial charge in [0.05, 0.1) is 6.54 Å². The Bertz CT molecular complexity index is 650. The number of hydrogen-bond acceptors (Lipinski definition) is 3. The van der Waals surface area contributed by atoms with E-state index in [1.807, 2.05) is 35.2 Å². The van der Waals surface area contributed by atoms with Crippen LogP contribution in [0.15, 0.2) is 48.5 Å². The van der Waals surface area contributed by atoms with E-state index >= 15 is 0 Å². The molecule has 0 aromatic heterocycles. The predicted octanol–water partition coefficient (Wildman–Crippen LogP) is 2.79. The fraction of sp³-hybridized carbons (Fsp3) is 0.235. The maximum Gasteiger partial charge on any atom is 0.243 e. The molecule has 0 bridgehead atoms. The summed E-state index contributed by atoms with van der Waals surface area (Å²) in [6.45, 7) is 0.572. The average Bonchev–Trinajstić information content (AvgIpc) is 2.55. The Morgan fingerprint density at radius 2 is 1.83 bits per heavy atom. The zero-order valence-corrected chi connectivity index (χ0v) is 12.5. The first kappa shape index (κ1) is 16.9. The van der Waals surface area contributed by atoms with Crippen LogP contribution in [0, 0.1) is 11.6 Å². The molecule has 0 fully saturated rings. The normalized spacial score (nSPS) is 10.4. The molecule has 1 amide bonds. The largest absolute Gasteiger partial charge is 0.396 e. The van der Waals surface area contributed by atoms with Crippen molar-refractivity contribution in [3.63, 3.8) is 0 Å². The topological polar surface area (TPSA) is 52.6 Å². The van der Waals surface area contributed by atoms with Crippen molar-refractivity contribution in [1.29, 1.82) is 0 Å². The van der Waals surface area contributed by atoms with Gasteiger partial charge in [-0.15, -0.1) is 0 Å². The van der Waals surface area contributed by atoms with Crippen LogP contribution in [0.2, 0.25) is 0 Å². The Labute approximate surface area is 133 Å². The number of aliphatic hydroxyl groups is 1. The number of carbonyl (C=O) groups is 1. The lowest BCUT2D eigenvalue weighted by molar-refractivity contribution is -0.115. The fourth-order valence-corrected chi connectivity index (χ4v) is 2.15. The number of para-hydroxylation sites is 1. The first-order valence-corrected chi connectivity index (χ1v) is 7.26. The van der Waals surface area contributed by atoms with Crippen LogP contribution in [0.3, 0.4) is 0 Å². The van der Waals surface area contributed by atoms with Gasteiger partial charge in [-0.2, -0.15) is 0 Å². The molecular weight excluding hydrogens is 302 g/mol. The third-order valence-corrected chi connectivity index (χ3v) is 3.25. The van der Waals surface area contributed by atoms with E-state index in [2.05, 4.69) is 5.32 Å². The Hall–Kier alpha value is -2.47. The van der Waals surface area contributed by atoms with Gasteiger partial charge in [0.2, 0.25) is 5.91 Å². The summed E-state index contributed by atoms with van der Waals surface area (Å²) < 4.78 is 26.0. The van der Waals surface area contributed by atoms with E-state index in [9.17, 15) is 13.6 Å². The average molecular weight is 320 g/mol. The Morgan fingerprint density at radius 1 is 1.09 bits per heavy atom. The molecule has 0 aliphatic carbocycles. The number of nitrogens with zero attached hydrogens (tertiary/aromatic N) is 1. The highest BCUT2D eigenvalue weighted by Gasteiger charge is 2.12. The summed E-state index contributed by atoms with van der Waals surface area (Å²) in [5.74, 6) is -2.32. The van der Waals surface area contributed by atoms with Crippen LogP contribution in [-0.4, -0.2) is 30.7 Å². The van der Waals surface area contributed by atoms with Crippen molar-refractivity contribution in [1.82, 2.24) is 0 Å². The second-order valence-electron chi connectivity index (χ2n) is 5.01. The van der Waals surface area contributed by atoms with E-state index in [0.29, 0.717) is 13.0 Å². The van der Waals surface area contributed by atoms with E-state index in [-0.39, 0.29) is 24.7 Å². The van der Waals surface area contributed by atoms with Crippen molar-refractivity contribution in [3.8, 4) is 0 Å². The van der Waals surface area contributed by atoms with Crippen molar-refractivity contribution in [2.45, 2.75) is 6.42 Å². The standard InChI is InChI=1S/C17H18F2N2O2/c18-15-8-7-13(11-16(15)19)20-17(23)12-21(9-4-10-22)14-5-2-1-3-6-14/h1-3,5-8,11,22H,4,9-10,12H2,(H,20,23). The quantitative estimate of drug-likeness (QED) is 0.825. The number of amides is 1. The summed E-state index contributed by atoms with van der Waals surface area (Å²) in [4.78, 5) is 13.9. The molecule has 0 aliphatic rings. The highest BCUT2D eigenvalue weighted by atomic mass is 19.2. The number of aliphatic hydroxyl groups excluding tert-OH is 1. The number of carbonyl (C=O) groups excluding carboxylic acids is 1. The predicted molar refractivity (Wildman–Crippen MR) is 85.3 cm³/mol. The van der Waals surface area contributed by atoms with Crippen LogP contribution in [0.25, 0.3) is 0 Å². The number of benzene rings is 2. The minimum absolute atomic E-state index is 0.0220. The number of hydrogen-bond donors (Lipinski definition) is 2. The first-order chi connectivity index (χ1) is 11.1. The van der Waals surface area contributed by atoms with Crippen LogP contribution >= 0.6 is 0 Å². The first-order valence-electron chi connectivity index (χ1n) is 7.26. The fourth-order valence-electron chi connectivity index (χ4n) is 2.15.